The fourth-order valence-corrected chi connectivity index (χ4v) is 2.92. The van der Waals surface area contributed by atoms with E-state index < -0.39 is 0 Å². The molecule has 2 N–H and O–H groups in total. The van der Waals surface area contributed by atoms with Gasteiger partial charge in [-0.25, -0.2) is 0 Å². The van der Waals surface area contributed by atoms with Crippen molar-refractivity contribution in [3.63, 3.8) is 0 Å². The van der Waals surface area contributed by atoms with Crippen molar-refractivity contribution in [1.82, 2.24) is 4.57 Å². The molecule has 1 unspecified atom stereocenters. The predicted molar refractivity (Wildman–Crippen MR) is 83.0 cm³/mol. The van der Waals surface area contributed by atoms with Gasteiger partial charge in [0.2, 0.25) is 0 Å². The van der Waals surface area contributed by atoms with Gasteiger partial charge >= 0.3 is 0 Å². The third-order valence-electron chi connectivity index (χ3n) is 3.76. The Morgan fingerprint density at radius 3 is 2.25 bits per heavy atom. The van der Waals surface area contributed by atoms with Gasteiger partial charge in [0, 0.05) is 24.3 Å². The van der Waals surface area contributed by atoms with E-state index in [1.807, 2.05) is 13.0 Å². The summed E-state index contributed by atoms with van der Waals surface area (Å²) in [6.07, 6.45) is 0. The second kappa shape index (κ2) is 5.63. The first-order chi connectivity index (χ1) is 9.40. The molecule has 2 aromatic rings. The Morgan fingerprint density at radius 1 is 1.10 bits per heavy atom. The third-order valence-corrected chi connectivity index (χ3v) is 3.76. The fraction of sp³-hybridized carbons (Fsp3) is 0.353. The lowest BCUT2D eigenvalue weighted by Gasteiger charge is -2.20. The van der Waals surface area contributed by atoms with Crippen LogP contribution < -0.4 is 11.3 Å². The van der Waals surface area contributed by atoms with Gasteiger partial charge in [-0.05, 0) is 50.5 Å². The smallest absolute Gasteiger partial charge is 0.250 e. The van der Waals surface area contributed by atoms with Gasteiger partial charge < -0.3 is 10.3 Å². The minimum Gasteiger partial charge on any atom is -0.322 e. The van der Waals surface area contributed by atoms with Gasteiger partial charge in [-0.3, -0.25) is 4.79 Å². The van der Waals surface area contributed by atoms with Crippen LogP contribution >= 0.6 is 0 Å². The van der Waals surface area contributed by atoms with Crippen LogP contribution in [-0.2, 0) is 6.54 Å². The van der Waals surface area contributed by atoms with E-state index in [9.17, 15) is 4.79 Å². The number of rotatable bonds is 3. The first-order valence-electron chi connectivity index (χ1n) is 6.90. The van der Waals surface area contributed by atoms with E-state index in [-0.39, 0.29) is 11.6 Å². The van der Waals surface area contributed by atoms with Crippen molar-refractivity contribution in [3.05, 3.63) is 68.6 Å². The molecule has 0 saturated carbocycles. The average Bonchev–Trinajstić information content (AvgIpc) is 2.32. The van der Waals surface area contributed by atoms with Crippen LogP contribution in [0.3, 0.4) is 0 Å². The highest BCUT2D eigenvalue weighted by Crippen LogP contribution is 2.23. The molecule has 0 aliphatic heterocycles. The minimum absolute atomic E-state index is 0.00266. The standard InChI is InChI=1S/C17H22N2O/c1-11-8-12(2)17(13(3)9-11)15(18)10-19-14(4)6-5-7-16(19)20/h5-9,15H,10,18H2,1-4H3. The summed E-state index contributed by atoms with van der Waals surface area (Å²) >= 11 is 0. The number of aromatic nitrogens is 1. The number of hydrogen-bond donors (Lipinski definition) is 1. The number of nitrogens with two attached hydrogens (primary N) is 1. The monoisotopic (exact) mass is 270 g/mol. The van der Waals surface area contributed by atoms with Crippen LogP contribution in [0.2, 0.25) is 0 Å². The lowest BCUT2D eigenvalue weighted by atomic mass is 9.94. The number of nitrogens with zero attached hydrogens (tertiary/aromatic N) is 1. The van der Waals surface area contributed by atoms with Crippen molar-refractivity contribution in [3.8, 4) is 0 Å². The minimum atomic E-state index is -0.172. The van der Waals surface area contributed by atoms with Gasteiger partial charge in [-0.2, -0.15) is 0 Å². The Hall–Kier alpha value is -1.87. The number of aryl methyl sites for hydroxylation is 4. The Labute approximate surface area is 120 Å². The van der Waals surface area contributed by atoms with Crippen LogP contribution in [0.25, 0.3) is 0 Å². The summed E-state index contributed by atoms with van der Waals surface area (Å²) in [5, 5.41) is 0. The van der Waals surface area contributed by atoms with Gasteiger partial charge in [-0.1, -0.05) is 23.8 Å². The van der Waals surface area contributed by atoms with E-state index in [2.05, 4.69) is 32.9 Å². The molecule has 20 heavy (non-hydrogen) atoms. The van der Waals surface area contributed by atoms with Crippen LogP contribution in [0.15, 0.2) is 35.1 Å². The maximum atomic E-state index is 11.9. The highest BCUT2D eigenvalue weighted by molar-refractivity contribution is 5.39. The molecule has 0 amide bonds. The van der Waals surface area contributed by atoms with Gasteiger partial charge in [-0.15, -0.1) is 0 Å². The largest absolute Gasteiger partial charge is 0.322 e. The normalized spacial score (nSPS) is 12.4. The molecule has 1 aromatic heterocycles. The van der Waals surface area contributed by atoms with Gasteiger partial charge in [0.15, 0.2) is 0 Å². The third kappa shape index (κ3) is 2.83. The van der Waals surface area contributed by atoms with E-state index in [0.29, 0.717) is 6.54 Å². The van der Waals surface area contributed by atoms with Crippen LogP contribution in [0.4, 0.5) is 0 Å². The summed E-state index contributed by atoms with van der Waals surface area (Å²) in [5.74, 6) is 0. The number of pyridine rings is 1. The lowest BCUT2D eigenvalue weighted by molar-refractivity contribution is 0.546. The maximum Gasteiger partial charge on any atom is 0.250 e. The van der Waals surface area contributed by atoms with E-state index in [4.69, 9.17) is 5.73 Å². The molecule has 0 radical (unpaired) electrons. The topological polar surface area (TPSA) is 48.0 Å². The summed E-state index contributed by atoms with van der Waals surface area (Å²) in [5.41, 5.74) is 12.1. The molecule has 2 rings (SSSR count). The zero-order chi connectivity index (χ0) is 14.9. The van der Waals surface area contributed by atoms with Gasteiger partial charge in [0.1, 0.15) is 0 Å². The van der Waals surface area contributed by atoms with Crippen LogP contribution in [0.5, 0.6) is 0 Å². The molecule has 0 saturated heterocycles. The number of hydrogen-bond acceptors (Lipinski definition) is 2. The van der Waals surface area contributed by atoms with Crippen molar-refractivity contribution in [1.29, 1.82) is 0 Å². The van der Waals surface area contributed by atoms with Crippen molar-refractivity contribution in [2.45, 2.75) is 40.3 Å². The van der Waals surface area contributed by atoms with Crippen LogP contribution in [0, 0.1) is 27.7 Å². The molecule has 1 heterocycles. The zero-order valence-corrected chi connectivity index (χ0v) is 12.6. The molecular weight excluding hydrogens is 248 g/mol. The second-order valence-electron chi connectivity index (χ2n) is 5.53. The van der Waals surface area contributed by atoms with Gasteiger partial charge in [0.05, 0.1) is 0 Å². The summed E-state index contributed by atoms with van der Waals surface area (Å²) in [6, 6.07) is 9.40. The van der Waals surface area contributed by atoms with Gasteiger partial charge in [0.25, 0.3) is 5.56 Å². The van der Waals surface area contributed by atoms with E-state index in [1.54, 1.807) is 16.7 Å². The summed E-state index contributed by atoms with van der Waals surface area (Å²) in [7, 11) is 0. The van der Waals surface area contributed by atoms with Crippen LogP contribution in [0.1, 0.15) is 34.0 Å². The van der Waals surface area contributed by atoms with Crippen molar-refractivity contribution in [2.24, 2.45) is 5.73 Å². The SMILES string of the molecule is Cc1cc(C)c(C(N)Cn2c(C)cccc2=O)c(C)c1. The van der Waals surface area contributed by atoms with Crippen molar-refractivity contribution < 1.29 is 0 Å². The van der Waals surface area contributed by atoms with Crippen LogP contribution in [-0.4, -0.2) is 4.57 Å². The Kier molecular flexibility index (Phi) is 4.09. The maximum absolute atomic E-state index is 11.9. The highest BCUT2D eigenvalue weighted by Gasteiger charge is 2.14. The molecule has 1 aromatic carbocycles. The van der Waals surface area contributed by atoms with Crippen molar-refractivity contribution in [2.75, 3.05) is 0 Å². The molecular formula is C17H22N2O. The first-order valence-corrected chi connectivity index (χ1v) is 6.90. The summed E-state index contributed by atoms with van der Waals surface area (Å²) in [4.78, 5) is 11.9. The Balaban J connectivity index is 2.39. The second-order valence-corrected chi connectivity index (χ2v) is 5.53. The molecule has 0 fully saturated rings. The molecule has 0 spiro atoms. The molecule has 0 aliphatic rings. The van der Waals surface area contributed by atoms with E-state index in [0.717, 1.165) is 11.3 Å². The quantitative estimate of drug-likeness (QED) is 0.932. The molecule has 0 bridgehead atoms. The first kappa shape index (κ1) is 14.5. The predicted octanol–water partition coefficient (Wildman–Crippen LogP) is 2.78. The summed E-state index contributed by atoms with van der Waals surface area (Å²) < 4.78 is 1.74. The number of benzene rings is 1. The fourth-order valence-electron chi connectivity index (χ4n) is 2.92. The zero-order valence-electron chi connectivity index (χ0n) is 12.6. The molecule has 3 heteroatoms. The Morgan fingerprint density at radius 2 is 1.70 bits per heavy atom. The average molecular weight is 270 g/mol. The molecule has 3 nitrogen and oxygen atoms in total. The molecule has 1 atom stereocenters. The summed E-state index contributed by atoms with van der Waals surface area (Å²) in [6.45, 7) is 8.69. The molecule has 106 valence electrons. The van der Waals surface area contributed by atoms with Crippen molar-refractivity contribution >= 4 is 0 Å². The lowest BCUT2D eigenvalue weighted by Crippen LogP contribution is -2.28. The van der Waals surface area contributed by atoms with E-state index in [1.165, 1.54) is 16.7 Å². The van der Waals surface area contributed by atoms with E-state index >= 15 is 0 Å². The molecule has 0 aliphatic carbocycles. The Bertz CT molecular complexity index is 663. The highest BCUT2D eigenvalue weighted by atomic mass is 16.1.